The number of nitrogens with zero attached hydrogens (tertiary/aromatic N) is 2. The van der Waals surface area contributed by atoms with Crippen molar-refractivity contribution < 1.29 is 78.3 Å². The van der Waals surface area contributed by atoms with E-state index < -0.39 is 151 Å². The van der Waals surface area contributed by atoms with E-state index >= 15 is 0 Å². The molecule has 0 unspecified atom stereocenters. The summed E-state index contributed by atoms with van der Waals surface area (Å²) in [6.45, 7) is 4.54. The third-order valence-corrected chi connectivity index (χ3v) is 11.3. The summed E-state index contributed by atoms with van der Waals surface area (Å²) in [5, 5.41) is 65.0. The maximum Gasteiger partial charge on any atom is 0.328 e. The molecule has 29 heteroatoms. The van der Waals surface area contributed by atoms with Gasteiger partial charge in [-0.3, -0.25) is 52.9 Å². The van der Waals surface area contributed by atoms with E-state index in [1.165, 1.54) is 45.0 Å². The van der Waals surface area contributed by atoms with Gasteiger partial charge in [-0.15, -0.1) is 0 Å². The Bertz CT molecular complexity index is 2170. The number of nitrogens with two attached hydrogens (primary N) is 4. The predicted octanol–water partition coefficient (Wildman–Crippen LogP) is -6.43. The van der Waals surface area contributed by atoms with Crippen molar-refractivity contribution in [1.82, 2.24) is 42.1 Å². The number of hydrogen-bond acceptors (Lipinski definition) is 16. The van der Waals surface area contributed by atoms with Crippen molar-refractivity contribution in [3.05, 3.63) is 29.8 Å². The number of nitrogens with one attached hydrogen (secondary N) is 7. The molecule has 0 radical (unpaired) electrons. The quantitative estimate of drug-likeness (QED) is 0.0194. The summed E-state index contributed by atoms with van der Waals surface area (Å²) in [7, 11) is 0. The highest BCUT2D eigenvalue weighted by Crippen LogP contribution is 2.20. The molecule has 1 aliphatic heterocycles. The van der Waals surface area contributed by atoms with E-state index in [1.807, 2.05) is 0 Å². The Kier molecular flexibility index (Phi) is 24.9. The summed E-state index contributed by atoms with van der Waals surface area (Å²) in [5.74, 6) is -13.1. The van der Waals surface area contributed by atoms with E-state index in [0.29, 0.717) is 12.0 Å². The van der Waals surface area contributed by atoms with Gasteiger partial charge in [-0.25, -0.2) is 4.79 Å². The van der Waals surface area contributed by atoms with Gasteiger partial charge in [0.15, 0.2) is 12.0 Å². The molecule has 20 N–H and O–H groups in total. The Balaban J connectivity index is 2.29. The van der Waals surface area contributed by atoms with Crippen LogP contribution in [0.1, 0.15) is 78.2 Å². The normalized spacial score (nSPS) is 16.8. The van der Waals surface area contributed by atoms with Crippen LogP contribution in [0.4, 0.5) is 0 Å². The van der Waals surface area contributed by atoms with Gasteiger partial charge in [0.1, 0.15) is 48.0 Å². The average Bonchev–Trinajstić information content (AvgIpc) is 3.80. The zero-order chi connectivity index (χ0) is 55.3. The molecule has 0 saturated carbocycles. The second-order valence-electron chi connectivity index (χ2n) is 17.7. The number of aliphatic carboxylic acids is 2. The molecular formula is C44H69N13O16. The van der Waals surface area contributed by atoms with Gasteiger partial charge >= 0.3 is 11.9 Å². The van der Waals surface area contributed by atoms with Crippen LogP contribution in [0.2, 0.25) is 0 Å². The van der Waals surface area contributed by atoms with Crippen LogP contribution in [0.3, 0.4) is 0 Å². The van der Waals surface area contributed by atoms with Gasteiger partial charge in [0.05, 0.1) is 25.2 Å². The van der Waals surface area contributed by atoms with Crippen LogP contribution in [-0.2, 0) is 59.2 Å². The Hall–Kier alpha value is -7.66. The number of likely N-dealkylation sites (tertiary alicyclic amines) is 1. The molecule has 1 fully saturated rings. The first-order valence-corrected chi connectivity index (χ1v) is 23.2. The number of primary amides is 1. The molecule has 2 rings (SSSR count). The van der Waals surface area contributed by atoms with Crippen LogP contribution < -0.4 is 60.2 Å². The lowest BCUT2D eigenvalue weighted by Crippen LogP contribution is -2.60. The van der Waals surface area contributed by atoms with Crippen molar-refractivity contribution >= 4 is 71.1 Å². The molecule has 9 amide bonds. The largest absolute Gasteiger partial charge is 0.508 e. The van der Waals surface area contributed by atoms with Crippen molar-refractivity contribution in [1.29, 1.82) is 0 Å². The van der Waals surface area contributed by atoms with E-state index in [-0.39, 0.29) is 56.9 Å². The topological polar surface area (TPSA) is 493 Å². The molecule has 0 spiro atoms. The summed E-state index contributed by atoms with van der Waals surface area (Å²) in [6.07, 6.45) is -4.46. The number of carbonyl (C=O) groups is 11. The van der Waals surface area contributed by atoms with Crippen LogP contribution in [0.15, 0.2) is 29.3 Å². The lowest BCUT2D eigenvalue weighted by atomic mass is 10.00. The summed E-state index contributed by atoms with van der Waals surface area (Å²) >= 11 is 0. The minimum atomic E-state index is -1.88. The maximum absolute atomic E-state index is 13.8. The molecule has 1 saturated heterocycles. The van der Waals surface area contributed by atoms with Gasteiger partial charge in [-0.2, -0.15) is 0 Å². The first-order chi connectivity index (χ1) is 34.1. The van der Waals surface area contributed by atoms with Crippen LogP contribution in [0, 0.1) is 5.92 Å². The van der Waals surface area contributed by atoms with E-state index in [9.17, 15) is 78.3 Å². The number of aliphatic hydroxyl groups excluding tert-OH is 2. The first-order valence-electron chi connectivity index (χ1n) is 23.2. The average molecular weight is 1040 g/mol. The van der Waals surface area contributed by atoms with Crippen molar-refractivity contribution in [3.63, 3.8) is 0 Å². The predicted molar refractivity (Wildman–Crippen MR) is 256 cm³/mol. The highest BCUT2D eigenvalue weighted by atomic mass is 16.4. The summed E-state index contributed by atoms with van der Waals surface area (Å²) in [5.41, 5.74) is 22.4. The number of aliphatic imine (C=N–C) groups is 1. The number of carbonyl (C=O) groups excluding carboxylic acids is 9. The van der Waals surface area contributed by atoms with Crippen molar-refractivity contribution in [2.75, 3.05) is 19.6 Å². The summed E-state index contributed by atoms with van der Waals surface area (Å²) in [6, 6.07) is -6.74. The van der Waals surface area contributed by atoms with Gasteiger partial charge < -0.3 is 90.6 Å². The molecule has 1 aromatic rings. The number of aromatic hydroxyl groups is 1. The fourth-order valence-electron chi connectivity index (χ4n) is 7.26. The number of benzene rings is 1. The Morgan fingerprint density at radius 2 is 1.29 bits per heavy atom. The minimum absolute atomic E-state index is 0.0354. The number of carboxylic acids is 2. The van der Waals surface area contributed by atoms with E-state index in [1.54, 1.807) is 0 Å². The Morgan fingerprint density at radius 3 is 1.84 bits per heavy atom. The van der Waals surface area contributed by atoms with Gasteiger partial charge in [-0.05, 0) is 69.6 Å². The van der Waals surface area contributed by atoms with Crippen LogP contribution >= 0.6 is 0 Å². The van der Waals surface area contributed by atoms with Crippen LogP contribution in [0.25, 0.3) is 0 Å². The number of hydrogen-bond donors (Lipinski definition) is 16. The standard InChI is InChI=1S/C44H69N13O16/c1-20(2)34(41(70)54-27(17-23-9-11-24(60)12-10-23)38(67)56-35(22(4)59)43(72)73)55-39(68)28(18-32(63)64)51-31(62)19-50-36(65)25(7-5-15-49-44(47)48)52-37(66)26(13-14-30(45)61)53-40(69)29-8-6-16-57(29)42(71)33(46)21(3)58/h9-12,20-22,25-29,33-35,58-60H,5-8,13-19,46H2,1-4H3,(H2,45,61)(H,50,65)(H,51,62)(H,52,66)(H,53,69)(H,54,70)(H,55,68)(H,56,67)(H,63,64)(H,72,73)(H4,47,48,49)/t21-,22-,25+,26+,27+,28+,29+,33+,34+,35+/m1/s1. The lowest BCUT2D eigenvalue weighted by molar-refractivity contribution is -0.145. The fourth-order valence-corrected chi connectivity index (χ4v) is 7.26. The molecule has 406 valence electrons. The minimum Gasteiger partial charge on any atom is -0.508 e. The number of carboxylic acid groups (broad SMARTS) is 2. The van der Waals surface area contributed by atoms with Gasteiger partial charge in [0, 0.05) is 25.9 Å². The zero-order valence-electron chi connectivity index (χ0n) is 40.9. The van der Waals surface area contributed by atoms with Crippen molar-refractivity contribution in [3.8, 4) is 5.75 Å². The number of aliphatic hydroxyl groups is 2. The number of guanidine groups is 1. The molecule has 29 nitrogen and oxygen atoms in total. The van der Waals surface area contributed by atoms with Crippen molar-refractivity contribution in [2.45, 2.75) is 140 Å². The van der Waals surface area contributed by atoms with Crippen LogP contribution in [0.5, 0.6) is 5.75 Å². The smallest absolute Gasteiger partial charge is 0.328 e. The zero-order valence-corrected chi connectivity index (χ0v) is 40.9. The number of rotatable bonds is 30. The second kappa shape index (κ2) is 29.6. The van der Waals surface area contributed by atoms with E-state index in [4.69, 9.17) is 22.9 Å². The van der Waals surface area contributed by atoms with Gasteiger partial charge in [0.2, 0.25) is 53.2 Å². The third kappa shape index (κ3) is 20.9. The van der Waals surface area contributed by atoms with Crippen LogP contribution in [-0.4, -0.2) is 182 Å². The second-order valence-corrected chi connectivity index (χ2v) is 17.7. The Labute approximate surface area is 419 Å². The van der Waals surface area contributed by atoms with E-state index in [0.717, 1.165) is 11.8 Å². The fraction of sp³-hybridized carbons (Fsp3) is 0.591. The molecule has 0 aromatic heterocycles. The molecule has 73 heavy (non-hydrogen) atoms. The molecule has 1 aromatic carbocycles. The maximum atomic E-state index is 13.8. The molecule has 0 bridgehead atoms. The number of phenolic OH excluding ortho intramolecular Hbond substituents is 1. The van der Waals surface area contributed by atoms with Gasteiger partial charge in [0.25, 0.3) is 0 Å². The summed E-state index contributed by atoms with van der Waals surface area (Å²) < 4.78 is 0. The molecule has 1 aliphatic rings. The highest BCUT2D eigenvalue weighted by molar-refractivity contribution is 5.98. The molecular weight excluding hydrogens is 967 g/mol. The summed E-state index contributed by atoms with van der Waals surface area (Å²) in [4.78, 5) is 148. The molecule has 0 aliphatic carbocycles. The highest BCUT2D eigenvalue weighted by Gasteiger charge is 2.40. The number of phenols is 1. The monoisotopic (exact) mass is 1040 g/mol. The molecule has 1 heterocycles. The first kappa shape index (κ1) is 61.5. The van der Waals surface area contributed by atoms with E-state index in [2.05, 4.69) is 42.2 Å². The lowest BCUT2D eigenvalue weighted by Gasteiger charge is -2.29. The SMILES string of the molecule is CC(C)[C@H](NC(=O)[C@H](CC(=O)O)NC(=O)CNC(=O)[C@H](CCCN=C(N)N)NC(=O)[C@H](CCC(N)=O)NC(=O)[C@@H]1CCCN1C(=O)[C@@H](N)[C@@H](C)O)C(=O)N[C@@H](Cc1ccc(O)cc1)C(=O)N[C@H](C(=O)O)[C@@H](C)O. The Morgan fingerprint density at radius 1 is 0.712 bits per heavy atom. The number of amides is 9. The molecule has 10 atom stereocenters. The third-order valence-electron chi connectivity index (χ3n) is 11.3. The van der Waals surface area contributed by atoms with Gasteiger partial charge in [-0.1, -0.05) is 26.0 Å². The van der Waals surface area contributed by atoms with Crippen molar-refractivity contribution in [2.24, 2.45) is 33.8 Å².